The van der Waals surface area contributed by atoms with Crippen molar-refractivity contribution in [1.29, 1.82) is 0 Å². The van der Waals surface area contributed by atoms with Crippen molar-refractivity contribution in [2.75, 3.05) is 12.4 Å². The Hall–Kier alpha value is -2.10. The fraction of sp³-hybridized carbons (Fsp3) is 0.353. The quantitative estimate of drug-likeness (QED) is 0.365. The molecule has 0 aliphatic heterocycles. The van der Waals surface area contributed by atoms with Crippen molar-refractivity contribution in [3.8, 4) is 0 Å². The van der Waals surface area contributed by atoms with Gasteiger partial charge in [0.2, 0.25) is 11.8 Å². The molecule has 0 saturated heterocycles. The molecule has 2 rings (SSSR count). The normalized spacial score (nSPS) is 10.8. The van der Waals surface area contributed by atoms with Crippen LogP contribution in [-0.4, -0.2) is 23.9 Å². The highest BCUT2D eigenvalue weighted by atomic mass is 127. The van der Waals surface area contributed by atoms with E-state index >= 15 is 0 Å². The van der Waals surface area contributed by atoms with Gasteiger partial charge in [-0.15, -0.1) is 24.0 Å². The molecule has 0 unspecified atom stereocenters. The van der Waals surface area contributed by atoms with Crippen LogP contribution >= 0.6 is 24.0 Å². The van der Waals surface area contributed by atoms with Crippen LogP contribution in [0.3, 0.4) is 0 Å². The zero-order valence-electron chi connectivity index (χ0n) is 14.8. The van der Waals surface area contributed by atoms with Crippen LogP contribution in [0.2, 0.25) is 0 Å². The molecule has 2 aromatic rings. The van der Waals surface area contributed by atoms with E-state index in [-0.39, 0.29) is 29.9 Å². The molecule has 7 nitrogen and oxygen atoms in total. The topological polar surface area (TPSA) is 91.5 Å². The van der Waals surface area contributed by atoms with Gasteiger partial charge >= 0.3 is 0 Å². The number of benzene rings is 1. The lowest BCUT2D eigenvalue weighted by atomic mass is 10.2. The highest BCUT2D eigenvalue weighted by molar-refractivity contribution is 14.0. The van der Waals surface area contributed by atoms with E-state index < -0.39 is 0 Å². The summed E-state index contributed by atoms with van der Waals surface area (Å²) in [5.41, 5.74) is 2.70. The number of hydrogen-bond acceptors (Lipinski definition) is 4. The minimum Gasteiger partial charge on any atom is -0.444 e. The number of nitrogens with one attached hydrogen (secondary N) is 3. The van der Waals surface area contributed by atoms with Gasteiger partial charge in [0.25, 0.3) is 0 Å². The first kappa shape index (κ1) is 20.9. The third kappa shape index (κ3) is 6.73. The number of carbonyl (C=O) groups excluding carboxylic acids is 1. The SMILES string of the molecule is CN=C(NCc1cccc(NC(C)=O)c1)NCc1nc(C)c(C)o1.I. The van der Waals surface area contributed by atoms with Crippen LogP contribution in [0.25, 0.3) is 0 Å². The zero-order valence-corrected chi connectivity index (χ0v) is 17.2. The number of anilines is 1. The van der Waals surface area contributed by atoms with E-state index in [2.05, 4.69) is 25.9 Å². The summed E-state index contributed by atoms with van der Waals surface area (Å²) < 4.78 is 5.53. The summed E-state index contributed by atoms with van der Waals surface area (Å²) in [5.74, 6) is 2.01. The van der Waals surface area contributed by atoms with Gasteiger partial charge in [-0.2, -0.15) is 0 Å². The minimum atomic E-state index is -0.0888. The number of amides is 1. The van der Waals surface area contributed by atoms with Gasteiger partial charge in [-0.1, -0.05) is 12.1 Å². The number of guanidine groups is 1. The van der Waals surface area contributed by atoms with Crippen LogP contribution in [0.1, 0.15) is 29.8 Å². The number of nitrogens with zero attached hydrogens (tertiary/aromatic N) is 2. The molecule has 0 saturated carbocycles. The van der Waals surface area contributed by atoms with E-state index in [0.717, 1.165) is 22.7 Å². The summed E-state index contributed by atoms with van der Waals surface area (Å²) in [6.45, 7) is 6.33. The van der Waals surface area contributed by atoms with Crippen LogP contribution in [-0.2, 0) is 17.9 Å². The van der Waals surface area contributed by atoms with Crippen molar-refractivity contribution in [2.24, 2.45) is 4.99 Å². The van der Waals surface area contributed by atoms with Crippen LogP contribution in [0, 0.1) is 13.8 Å². The molecular formula is C17H24IN5O2. The lowest BCUT2D eigenvalue weighted by Gasteiger charge is -2.11. The Morgan fingerprint density at radius 1 is 1.24 bits per heavy atom. The van der Waals surface area contributed by atoms with E-state index in [1.807, 2.05) is 38.1 Å². The summed E-state index contributed by atoms with van der Waals surface area (Å²) >= 11 is 0. The van der Waals surface area contributed by atoms with E-state index in [9.17, 15) is 4.79 Å². The fourth-order valence-electron chi connectivity index (χ4n) is 2.14. The highest BCUT2D eigenvalue weighted by Gasteiger charge is 2.06. The van der Waals surface area contributed by atoms with Crippen molar-refractivity contribution in [1.82, 2.24) is 15.6 Å². The van der Waals surface area contributed by atoms with Crippen molar-refractivity contribution in [2.45, 2.75) is 33.9 Å². The smallest absolute Gasteiger partial charge is 0.221 e. The molecule has 0 aliphatic rings. The Bertz CT molecular complexity index is 723. The number of aliphatic imine (C=N–C) groups is 1. The lowest BCUT2D eigenvalue weighted by Crippen LogP contribution is -2.36. The Kier molecular flexibility index (Phi) is 8.39. The molecule has 0 spiro atoms. The van der Waals surface area contributed by atoms with Gasteiger partial charge in [0.1, 0.15) is 5.76 Å². The summed E-state index contributed by atoms with van der Waals surface area (Å²) in [4.78, 5) is 19.6. The van der Waals surface area contributed by atoms with Crippen molar-refractivity contribution in [3.63, 3.8) is 0 Å². The predicted octanol–water partition coefficient (Wildman–Crippen LogP) is 2.73. The predicted molar refractivity (Wildman–Crippen MR) is 109 cm³/mol. The molecule has 0 fully saturated rings. The molecule has 0 atom stereocenters. The van der Waals surface area contributed by atoms with E-state index in [0.29, 0.717) is 24.9 Å². The second-order valence-corrected chi connectivity index (χ2v) is 5.41. The third-order valence-electron chi connectivity index (χ3n) is 3.41. The molecule has 0 radical (unpaired) electrons. The maximum atomic E-state index is 11.1. The second-order valence-electron chi connectivity index (χ2n) is 5.41. The second kappa shape index (κ2) is 10.0. The molecule has 1 heterocycles. The van der Waals surface area contributed by atoms with E-state index in [4.69, 9.17) is 4.42 Å². The van der Waals surface area contributed by atoms with Gasteiger partial charge in [0, 0.05) is 26.2 Å². The number of aryl methyl sites for hydroxylation is 2. The first-order valence-electron chi connectivity index (χ1n) is 7.72. The zero-order chi connectivity index (χ0) is 17.5. The first-order valence-corrected chi connectivity index (χ1v) is 7.72. The monoisotopic (exact) mass is 457 g/mol. The van der Waals surface area contributed by atoms with Crippen LogP contribution in [0.4, 0.5) is 5.69 Å². The van der Waals surface area contributed by atoms with E-state index in [1.165, 1.54) is 6.92 Å². The maximum Gasteiger partial charge on any atom is 0.221 e. The summed E-state index contributed by atoms with van der Waals surface area (Å²) in [5, 5.41) is 9.14. The van der Waals surface area contributed by atoms with Crippen LogP contribution in [0.15, 0.2) is 33.7 Å². The van der Waals surface area contributed by atoms with Crippen molar-refractivity contribution < 1.29 is 9.21 Å². The molecule has 0 aliphatic carbocycles. The standard InChI is InChI=1S/C17H23N5O2.HI/c1-11-12(2)24-16(21-11)10-20-17(18-4)19-9-14-6-5-7-15(8-14)22-13(3)23;/h5-8H,9-10H2,1-4H3,(H,22,23)(H2,18,19,20);1H. The minimum absolute atomic E-state index is 0. The van der Waals surface area contributed by atoms with E-state index in [1.54, 1.807) is 7.05 Å². The number of rotatable bonds is 5. The van der Waals surface area contributed by atoms with Crippen molar-refractivity contribution >= 4 is 41.5 Å². The highest BCUT2D eigenvalue weighted by Crippen LogP contribution is 2.10. The number of oxazole rings is 1. The summed E-state index contributed by atoms with van der Waals surface area (Å²) in [6.07, 6.45) is 0. The first-order chi connectivity index (χ1) is 11.5. The Balaban J connectivity index is 0.00000312. The summed E-state index contributed by atoms with van der Waals surface area (Å²) in [7, 11) is 1.70. The number of carbonyl (C=O) groups is 1. The Labute approximate surface area is 164 Å². The average molecular weight is 457 g/mol. The van der Waals surface area contributed by atoms with Gasteiger partial charge in [-0.05, 0) is 31.5 Å². The van der Waals surface area contributed by atoms with Gasteiger partial charge in [0.15, 0.2) is 5.96 Å². The fourth-order valence-corrected chi connectivity index (χ4v) is 2.14. The Morgan fingerprint density at radius 2 is 1.96 bits per heavy atom. The Morgan fingerprint density at radius 3 is 2.56 bits per heavy atom. The molecule has 1 aromatic heterocycles. The number of halogens is 1. The van der Waals surface area contributed by atoms with Gasteiger partial charge in [-0.25, -0.2) is 4.98 Å². The molecule has 3 N–H and O–H groups in total. The summed E-state index contributed by atoms with van der Waals surface area (Å²) in [6, 6.07) is 7.65. The molecule has 1 aromatic carbocycles. The van der Waals surface area contributed by atoms with Crippen molar-refractivity contribution in [3.05, 3.63) is 47.2 Å². The lowest BCUT2D eigenvalue weighted by molar-refractivity contribution is -0.114. The van der Waals surface area contributed by atoms with Crippen LogP contribution < -0.4 is 16.0 Å². The maximum absolute atomic E-state index is 11.1. The largest absolute Gasteiger partial charge is 0.444 e. The molecule has 0 bridgehead atoms. The molecule has 136 valence electrons. The van der Waals surface area contributed by atoms with Gasteiger partial charge in [-0.3, -0.25) is 9.79 Å². The molecular weight excluding hydrogens is 433 g/mol. The average Bonchev–Trinajstić information content (AvgIpc) is 2.85. The number of aromatic nitrogens is 1. The van der Waals surface area contributed by atoms with Gasteiger partial charge < -0.3 is 20.4 Å². The third-order valence-corrected chi connectivity index (χ3v) is 3.41. The molecule has 25 heavy (non-hydrogen) atoms. The van der Waals surface area contributed by atoms with Crippen LogP contribution in [0.5, 0.6) is 0 Å². The molecule has 1 amide bonds. The molecule has 8 heteroatoms. The number of hydrogen-bond donors (Lipinski definition) is 3. The van der Waals surface area contributed by atoms with Gasteiger partial charge in [0.05, 0.1) is 12.2 Å².